The molecule has 0 saturated carbocycles. The number of hydrogen-bond acceptors (Lipinski definition) is 1. The summed E-state index contributed by atoms with van der Waals surface area (Å²) >= 11 is 3.07. The molecule has 0 aliphatic carbocycles. The van der Waals surface area contributed by atoms with Crippen LogP contribution in [0.25, 0.3) is 0 Å². The van der Waals surface area contributed by atoms with Gasteiger partial charge in [-0.2, -0.15) is 0 Å². The van der Waals surface area contributed by atoms with Crippen LogP contribution in [0.5, 0.6) is 0 Å². The van der Waals surface area contributed by atoms with Crippen LogP contribution in [0.4, 0.5) is 4.39 Å². The lowest BCUT2D eigenvalue weighted by Crippen LogP contribution is -2.34. The van der Waals surface area contributed by atoms with Crippen LogP contribution in [0.1, 0.15) is 23.7 Å². The summed E-state index contributed by atoms with van der Waals surface area (Å²) in [6.07, 6.45) is 2.93. The van der Waals surface area contributed by atoms with Gasteiger partial charge in [-0.15, -0.1) is 0 Å². The van der Waals surface area contributed by atoms with E-state index in [0.717, 1.165) is 6.42 Å². The van der Waals surface area contributed by atoms with Crippen molar-refractivity contribution in [1.29, 1.82) is 0 Å². The van der Waals surface area contributed by atoms with Crippen LogP contribution in [-0.4, -0.2) is 23.9 Å². The number of halogens is 2. The Bertz CT molecular complexity index is 484. The molecule has 1 aliphatic heterocycles. The smallest absolute Gasteiger partial charge is 0.254 e. The topological polar surface area (TPSA) is 20.3 Å². The first-order valence-corrected chi connectivity index (χ1v) is 6.27. The van der Waals surface area contributed by atoms with E-state index in [0.29, 0.717) is 23.1 Å². The summed E-state index contributed by atoms with van der Waals surface area (Å²) in [6.45, 7) is 3.38. The first-order valence-electron chi connectivity index (χ1n) is 5.48. The SMILES string of the molecule is CC1=CCN(C(=O)c2ccc(Br)c(F)c2)CC1. The highest BCUT2D eigenvalue weighted by Crippen LogP contribution is 2.19. The quantitative estimate of drug-likeness (QED) is 0.728. The number of amides is 1. The summed E-state index contributed by atoms with van der Waals surface area (Å²) in [7, 11) is 0. The van der Waals surface area contributed by atoms with Gasteiger partial charge in [-0.1, -0.05) is 11.6 Å². The molecule has 0 fully saturated rings. The number of rotatable bonds is 1. The van der Waals surface area contributed by atoms with Crippen LogP contribution in [0, 0.1) is 5.82 Å². The molecule has 1 aromatic carbocycles. The molecule has 0 N–H and O–H groups in total. The number of benzene rings is 1. The zero-order chi connectivity index (χ0) is 12.4. The first-order chi connectivity index (χ1) is 8.08. The summed E-state index contributed by atoms with van der Waals surface area (Å²) < 4.78 is 13.7. The number of carbonyl (C=O) groups is 1. The second kappa shape index (κ2) is 5.00. The van der Waals surface area contributed by atoms with E-state index >= 15 is 0 Å². The maximum Gasteiger partial charge on any atom is 0.254 e. The maximum absolute atomic E-state index is 13.3. The molecular formula is C13H13BrFNO. The van der Waals surface area contributed by atoms with Gasteiger partial charge in [0.25, 0.3) is 5.91 Å². The van der Waals surface area contributed by atoms with E-state index in [4.69, 9.17) is 0 Å². The minimum Gasteiger partial charge on any atom is -0.335 e. The molecule has 0 atom stereocenters. The van der Waals surface area contributed by atoms with Crippen molar-refractivity contribution in [3.8, 4) is 0 Å². The third-order valence-corrected chi connectivity index (χ3v) is 3.53. The Morgan fingerprint density at radius 3 is 2.82 bits per heavy atom. The molecule has 0 radical (unpaired) electrons. The first kappa shape index (κ1) is 12.3. The van der Waals surface area contributed by atoms with E-state index in [2.05, 4.69) is 22.9 Å². The minimum absolute atomic E-state index is 0.111. The Kier molecular flexibility index (Phi) is 3.62. The monoisotopic (exact) mass is 297 g/mol. The third-order valence-electron chi connectivity index (χ3n) is 2.89. The largest absolute Gasteiger partial charge is 0.335 e. The fraction of sp³-hybridized carbons (Fsp3) is 0.308. The molecule has 1 aromatic rings. The van der Waals surface area contributed by atoms with Gasteiger partial charge in [0, 0.05) is 18.7 Å². The van der Waals surface area contributed by atoms with Crippen molar-refractivity contribution in [3.63, 3.8) is 0 Å². The molecule has 4 heteroatoms. The van der Waals surface area contributed by atoms with Gasteiger partial charge in [0.05, 0.1) is 4.47 Å². The van der Waals surface area contributed by atoms with Gasteiger partial charge in [0.2, 0.25) is 0 Å². The highest BCUT2D eigenvalue weighted by Gasteiger charge is 2.18. The van der Waals surface area contributed by atoms with Gasteiger partial charge in [-0.25, -0.2) is 4.39 Å². The standard InChI is InChI=1S/C13H13BrFNO/c1-9-4-6-16(7-5-9)13(17)10-2-3-11(14)12(15)8-10/h2-4,8H,5-7H2,1H3. The van der Waals surface area contributed by atoms with Gasteiger partial charge in [0.15, 0.2) is 0 Å². The predicted molar refractivity (Wildman–Crippen MR) is 68.4 cm³/mol. The molecule has 0 unspecified atom stereocenters. The minimum atomic E-state index is -0.403. The molecule has 0 spiro atoms. The van der Waals surface area contributed by atoms with Crippen LogP contribution >= 0.6 is 15.9 Å². The average Bonchev–Trinajstić information content (AvgIpc) is 2.33. The van der Waals surface area contributed by atoms with Crippen molar-refractivity contribution < 1.29 is 9.18 Å². The summed E-state index contributed by atoms with van der Waals surface area (Å²) in [4.78, 5) is 13.8. The van der Waals surface area contributed by atoms with E-state index < -0.39 is 5.82 Å². The molecule has 1 amide bonds. The second-order valence-electron chi connectivity index (χ2n) is 4.18. The molecule has 1 aliphatic rings. The average molecular weight is 298 g/mol. The lowest BCUT2D eigenvalue weighted by molar-refractivity contribution is 0.0768. The lowest BCUT2D eigenvalue weighted by Gasteiger charge is -2.25. The molecular weight excluding hydrogens is 285 g/mol. The normalized spacial score (nSPS) is 15.7. The third kappa shape index (κ3) is 2.75. The fourth-order valence-electron chi connectivity index (χ4n) is 1.77. The van der Waals surface area contributed by atoms with Gasteiger partial charge in [0.1, 0.15) is 5.82 Å². The van der Waals surface area contributed by atoms with Gasteiger partial charge in [-0.3, -0.25) is 4.79 Å². The van der Waals surface area contributed by atoms with E-state index in [-0.39, 0.29) is 5.91 Å². The highest BCUT2D eigenvalue weighted by molar-refractivity contribution is 9.10. The maximum atomic E-state index is 13.3. The van der Waals surface area contributed by atoms with Crippen molar-refractivity contribution in [3.05, 3.63) is 45.7 Å². The molecule has 1 heterocycles. The molecule has 0 bridgehead atoms. The molecule has 0 saturated heterocycles. The zero-order valence-electron chi connectivity index (χ0n) is 9.54. The second-order valence-corrected chi connectivity index (χ2v) is 5.03. The lowest BCUT2D eigenvalue weighted by atomic mass is 10.1. The summed E-state index contributed by atoms with van der Waals surface area (Å²) in [5.74, 6) is -0.514. The Labute approximate surface area is 108 Å². The highest BCUT2D eigenvalue weighted by atomic mass is 79.9. The summed E-state index contributed by atoms with van der Waals surface area (Å²) in [6, 6.07) is 4.48. The van der Waals surface area contributed by atoms with Crippen LogP contribution in [-0.2, 0) is 0 Å². The van der Waals surface area contributed by atoms with Crippen LogP contribution in [0.15, 0.2) is 34.3 Å². The molecule has 2 rings (SSSR count). The van der Waals surface area contributed by atoms with Crippen molar-refractivity contribution >= 4 is 21.8 Å². The van der Waals surface area contributed by atoms with Crippen LogP contribution in [0.3, 0.4) is 0 Å². The van der Waals surface area contributed by atoms with Gasteiger partial charge in [-0.05, 0) is 47.5 Å². The summed E-state index contributed by atoms with van der Waals surface area (Å²) in [5, 5.41) is 0. The number of hydrogen-bond donors (Lipinski definition) is 0. The Hall–Kier alpha value is -1.16. The molecule has 17 heavy (non-hydrogen) atoms. The molecule has 2 nitrogen and oxygen atoms in total. The van der Waals surface area contributed by atoms with Crippen LogP contribution < -0.4 is 0 Å². The van der Waals surface area contributed by atoms with E-state index in [1.165, 1.54) is 11.6 Å². The molecule has 0 aromatic heterocycles. The van der Waals surface area contributed by atoms with Crippen molar-refractivity contribution in [1.82, 2.24) is 4.90 Å². The van der Waals surface area contributed by atoms with Crippen molar-refractivity contribution in [2.24, 2.45) is 0 Å². The Morgan fingerprint density at radius 2 is 2.24 bits per heavy atom. The number of nitrogens with zero attached hydrogens (tertiary/aromatic N) is 1. The summed E-state index contributed by atoms with van der Waals surface area (Å²) in [5.41, 5.74) is 1.70. The van der Waals surface area contributed by atoms with Crippen molar-refractivity contribution in [2.75, 3.05) is 13.1 Å². The Balaban J connectivity index is 2.17. The number of carbonyl (C=O) groups excluding carboxylic acids is 1. The molecule has 90 valence electrons. The van der Waals surface area contributed by atoms with Gasteiger partial charge >= 0.3 is 0 Å². The van der Waals surface area contributed by atoms with E-state index in [9.17, 15) is 9.18 Å². The van der Waals surface area contributed by atoms with Crippen LogP contribution in [0.2, 0.25) is 0 Å². The van der Waals surface area contributed by atoms with E-state index in [1.807, 2.05) is 6.08 Å². The Morgan fingerprint density at radius 1 is 1.47 bits per heavy atom. The predicted octanol–water partition coefficient (Wildman–Crippen LogP) is 3.38. The fourth-order valence-corrected chi connectivity index (χ4v) is 2.01. The van der Waals surface area contributed by atoms with Crippen molar-refractivity contribution in [2.45, 2.75) is 13.3 Å². The van der Waals surface area contributed by atoms with E-state index in [1.54, 1.807) is 17.0 Å². The van der Waals surface area contributed by atoms with Gasteiger partial charge < -0.3 is 4.90 Å². The zero-order valence-corrected chi connectivity index (χ0v) is 11.1.